The van der Waals surface area contributed by atoms with Gasteiger partial charge in [-0.15, -0.1) is 0 Å². The highest BCUT2D eigenvalue weighted by molar-refractivity contribution is 6.05. The van der Waals surface area contributed by atoms with Crippen LogP contribution < -0.4 is 10.6 Å². The summed E-state index contributed by atoms with van der Waals surface area (Å²) in [7, 11) is 0. The summed E-state index contributed by atoms with van der Waals surface area (Å²) in [6.07, 6.45) is 0. The third-order valence-electron chi connectivity index (χ3n) is 8.01. The van der Waals surface area contributed by atoms with E-state index in [2.05, 4.69) is 20.8 Å². The second-order valence-corrected chi connectivity index (χ2v) is 11.6. The molecule has 3 aromatic heterocycles. The van der Waals surface area contributed by atoms with Gasteiger partial charge in [0.25, 0.3) is 5.91 Å². The van der Waals surface area contributed by atoms with E-state index in [4.69, 9.17) is 9.15 Å². The van der Waals surface area contributed by atoms with Gasteiger partial charge < -0.3 is 19.8 Å². The standard InChI is InChI=1S/C40H30N6O6/c1-26-22-23-33(51-26)37(47)41-34-24-31(43-45(34)29-18-10-4-11-19-29)39(49)52-40(50)32-25-35(46(44-32)30-20-12-5-13-21-30)42-38(48)36(27-14-6-2-7-15-27)28-16-8-3-9-17-28/h2-25,36H,1H3,(H,41,47)(H,42,48). The molecule has 0 aliphatic rings. The molecule has 2 amide bonds. The predicted octanol–water partition coefficient (Wildman–Crippen LogP) is 6.98. The SMILES string of the molecule is Cc1ccc(C(=O)Nc2cc(C(=O)OC(=O)c3cc(NC(=O)C(c4ccccc4)c4ccccc4)n(-c4ccccc4)n3)nn2-c2ccccc2)o1. The lowest BCUT2D eigenvalue weighted by Gasteiger charge is -2.18. The topological polar surface area (TPSA) is 150 Å². The van der Waals surface area contributed by atoms with E-state index in [0.717, 1.165) is 11.1 Å². The van der Waals surface area contributed by atoms with Gasteiger partial charge in [-0.25, -0.2) is 19.0 Å². The number of amides is 2. The molecule has 0 aliphatic carbocycles. The van der Waals surface area contributed by atoms with Crippen LogP contribution in [-0.4, -0.2) is 43.3 Å². The minimum absolute atomic E-state index is 0.0633. The van der Waals surface area contributed by atoms with Crippen molar-refractivity contribution in [3.63, 3.8) is 0 Å². The van der Waals surface area contributed by atoms with Crippen LogP contribution in [0.1, 0.15) is 54.3 Å². The number of ether oxygens (including phenoxy) is 1. The van der Waals surface area contributed by atoms with Crippen LogP contribution in [0.15, 0.2) is 150 Å². The number of carbonyl (C=O) groups excluding carboxylic acids is 4. The Hall–Kier alpha value is -7.34. The first-order valence-corrected chi connectivity index (χ1v) is 16.2. The number of carbonyl (C=O) groups is 4. The molecule has 7 aromatic rings. The lowest BCUT2D eigenvalue weighted by atomic mass is 9.90. The van der Waals surface area contributed by atoms with E-state index in [1.807, 2.05) is 66.7 Å². The molecule has 2 N–H and O–H groups in total. The van der Waals surface area contributed by atoms with E-state index in [1.54, 1.807) is 67.6 Å². The summed E-state index contributed by atoms with van der Waals surface area (Å²) >= 11 is 0. The zero-order chi connectivity index (χ0) is 36.0. The summed E-state index contributed by atoms with van der Waals surface area (Å²) in [5.74, 6) is -2.85. The van der Waals surface area contributed by atoms with Crippen LogP contribution in [0.25, 0.3) is 11.4 Å². The molecule has 7 rings (SSSR count). The highest BCUT2D eigenvalue weighted by Crippen LogP contribution is 2.28. The fraction of sp³-hybridized carbons (Fsp3) is 0.0500. The molecule has 0 fully saturated rings. The molecule has 12 heteroatoms. The number of aromatic nitrogens is 4. The highest BCUT2D eigenvalue weighted by Gasteiger charge is 2.28. The Labute approximate surface area is 297 Å². The van der Waals surface area contributed by atoms with Crippen molar-refractivity contribution in [3.05, 3.63) is 180 Å². The monoisotopic (exact) mass is 690 g/mol. The molecule has 0 unspecified atom stereocenters. The van der Waals surface area contributed by atoms with Crippen molar-refractivity contribution < 1.29 is 28.3 Å². The molecule has 0 spiro atoms. The summed E-state index contributed by atoms with van der Waals surface area (Å²) in [5.41, 5.74) is 2.12. The molecule has 256 valence electrons. The fourth-order valence-corrected chi connectivity index (χ4v) is 5.58. The number of hydrogen-bond donors (Lipinski definition) is 2. The average Bonchev–Trinajstić information content (AvgIpc) is 3.92. The van der Waals surface area contributed by atoms with Gasteiger partial charge in [-0.2, -0.15) is 10.2 Å². The second-order valence-electron chi connectivity index (χ2n) is 11.6. The third-order valence-corrected chi connectivity index (χ3v) is 8.01. The molecule has 0 bridgehead atoms. The quantitative estimate of drug-likeness (QED) is 0.115. The van der Waals surface area contributed by atoms with Crippen LogP contribution >= 0.6 is 0 Å². The molecule has 0 saturated heterocycles. The number of aryl methyl sites for hydroxylation is 1. The van der Waals surface area contributed by atoms with Crippen LogP contribution in [0, 0.1) is 6.92 Å². The van der Waals surface area contributed by atoms with Crippen LogP contribution in [0.5, 0.6) is 0 Å². The van der Waals surface area contributed by atoms with Gasteiger partial charge in [-0.05, 0) is 54.4 Å². The Morgan fingerprint density at radius 2 is 1.04 bits per heavy atom. The number of nitrogens with zero attached hydrogens (tertiary/aromatic N) is 4. The molecular weight excluding hydrogens is 660 g/mol. The molecule has 3 heterocycles. The summed E-state index contributed by atoms with van der Waals surface area (Å²) in [6.45, 7) is 1.71. The summed E-state index contributed by atoms with van der Waals surface area (Å²) in [6, 6.07) is 42.2. The van der Waals surface area contributed by atoms with Crippen LogP contribution in [-0.2, 0) is 9.53 Å². The van der Waals surface area contributed by atoms with Gasteiger partial charge in [0.05, 0.1) is 17.3 Å². The Bertz CT molecular complexity index is 2330. The van der Waals surface area contributed by atoms with Gasteiger partial charge in [0.2, 0.25) is 5.91 Å². The summed E-state index contributed by atoms with van der Waals surface area (Å²) in [5, 5.41) is 14.4. The molecule has 0 atom stereocenters. The average molecular weight is 691 g/mol. The highest BCUT2D eigenvalue weighted by atomic mass is 16.6. The van der Waals surface area contributed by atoms with Gasteiger partial charge in [0, 0.05) is 12.1 Å². The number of esters is 2. The van der Waals surface area contributed by atoms with Gasteiger partial charge in [-0.3, -0.25) is 9.59 Å². The van der Waals surface area contributed by atoms with E-state index in [9.17, 15) is 19.2 Å². The maximum absolute atomic E-state index is 14.0. The van der Waals surface area contributed by atoms with E-state index < -0.39 is 23.8 Å². The summed E-state index contributed by atoms with van der Waals surface area (Å²) < 4.78 is 13.4. The van der Waals surface area contributed by atoms with Crippen molar-refractivity contribution >= 4 is 35.4 Å². The third kappa shape index (κ3) is 7.16. The van der Waals surface area contributed by atoms with Gasteiger partial charge in [0.15, 0.2) is 17.1 Å². The predicted molar refractivity (Wildman–Crippen MR) is 192 cm³/mol. The summed E-state index contributed by atoms with van der Waals surface area (Å²) in [4.78, 5) is 53.8. The van der Waals surface area contributed by atoms with Crippen LogP contribution in [0.3, 0.4) is 0 Å². The molecule has 0 saturated carbocycles. The molecule has 52 heavy (non-hydrogen) atoms. The van der Waals surface area contributed by atoms with Crippen molar-refractivity contribution in [2.45, 2.75) is 12.8 Å². The van der Waals surface area contributed by atoms with Gasteiger partial charge in [-0.1, -0.05) is 97.1 Å². The number of benzene rings is 4. The Balaban J connectivity index is 1.17. The maximum atomic E-state index is 14.0. The van der Waals surface area contributed by atoms with E-state index in [-0.39, 0.29) is 34.7 Å². The van der Waals surface area contributed by atoms with E-state index >= 15 is 0 Å². The minimum atomic E-state index is -1.09. The first kappa shape index (κ1) is 33.2. The number of rotatable bonds is 10. The second kappa shape index (κ2) is 14.6. The van der Waals surface area contributed by atoms with E-state index in [1.165, 1.54) is 27.6 Å². The van der Waals surface area contributed by atoms with Crippen molar-refractivity contribution in [2.75, 3.05) is 10.6 Å². The number of para-hydroxylation sites is 2. The zero-order valence-corrected chi connectivity index (χ0v) is 27.7. The lowest BCUT2D eigenvalue weighted by molar-refractivity contribution is -0.116. The Morgan fingerprint density at radius 3 is 1.48 bits per heavy atom. The number of furan rings is 1. The molecular formula is C40H30N6O6. The number of hydrogen-bond acceptors (Lipinski definition) is 8. The largest absolute Gasteiger partial charge is 0.456 e. The smallest absolute Gasteiger partial charge is 0.366 e. The maximum Gasteiger partial charge on any atom is 0.366 e. The number of nitrogens with one attached hydrogen (secondary N) is 2. The van der Waals surface area contributed by atoms with Crippen molar-refractivity contribution in [3.8, 4) is 11.4 Å². The van der Waals surface area contributed by atoms with E-state index in [0.29, 0.717) is 17.1 Å². The minimum Gasteiger partial charge on any atom is -0.456 e. The first-order valence-electron chi connectivity index (χ1n) is 16.2. The normalized spacial score (nSPS) is 10.9. The Kier molecular flexibility index (Phi) is 9.34. The van der Waals surface area contributed by atoms with Crippen LogP contribution in [0.2, 0.25) is 0 Å². The zero-order valence-electron chi connectivity index (χ0n) is 27.7. The molecule has 0 aliphatic heterocycles. The lowest BCUT2D eigenvalue weighted by Crippen LogP contribution is -2.23. The molecule has 12 nitrogen and oxygen atoms in total. The van der Waals surface area contributed by atoms with Crippen molar-refractivity contribution in [1.82, 2.24) is 19.6 Å². The Morgan fingerprint density at radius 1 is 0.596 bits per heavy atom. The number of anilines is 2. The molecule has 4 aromatic carbocycles. The van der Waals surface area contributed by atoms with Crippen molar-refractivity contribution in [2.24, 2.45) is 0 Å². The fourth-order valence-electron chi connectivity index (χ4n) is 5.58. The van der Waals surface area contributed by atoms with Gasteiger partial charge >= 0.3 is 11.9 Å². The van der Waals surface area contributed by atoms with Crippen LogP contribution in [0.4, 0.5) is 11.6 Å². The molecule has 0 radical (unpaired) electrons. The van der Waals surface area contributed by atoms with Crippen molar-refractivity contribution in [1.29, 1.82) is 0 Å². The van der Waals surface area contributed by atoms with Gasteiger partial charge in [0.1, 0.15) is 17.4 Å². The first-order chi connectivity index (χ1) is 25.3.